The van der Waals surface area contributed by atoms with E-state index in [1.165, 1.54) is 18.3 Å². The van der Waals surface area contributed by atoms with Crippen molar-refractivity contribution < 1.29 is 14.7 Å². The van der Waals surface area contributed by atoms with Crippen molar-refractivity contribution in [3.05, 3.63) is 66.0 Å². The van der Waals surface area contributed by atoms with Crippen molar-refractivity contribution in [2.24, 2.45) is 0 Å². The number of carbonyl (C=O) groups is 2. The first-order valence-corrected chi connectivity index (χ1v) is 9.07. The zero-order valence-corrected chi connectivity index (χ0v) is 15.1. The second-order valence-corrected chi connectivity index (χ2v) is 6.73. The number of pyridine rings is 1. The summed E-state index contributed by atoms with van der Waals surface area (Å²) >= 11 is 0. The fraction of sp³-hybridized carbons (Fsp3) is 0.250. The highest BCUT2D eigenvalue weighted by Gasteiger charge is 2.26. The predicted octanol–water partition coefficient (Wildman–Crippen LogP) is 2.52. The molecule has 0 aliphatic carbocycles. The first kappa shape index (κ1) is 17.8. The van der Waals surface area contributed by atoms with E-state index in [0.29, 0.717) is 30.0 Å². The number of carbonyl (C=O) groups excluding carboxylic acids is 1. The molecule has 1 aliphatic rings. The summed E-state index contributed by atoms with van der Waals surface area (Å²) < 4.78 is 1.74. The van der Waals surface area contributed by atoms with E-state index in [-0.39, 0.29) is 17.5 Å². The average molecular weight is 377 g/mol. The van der Waals surface area contributed by atoms with Gasteiger partial charge >= 0.3 is 5.97 Å². The van der Waals surface area contributed by atoms with Crippen LogP contribution in [0.25, 0.3) is 11.4 Å². The number of carboxylic acids is 1. The molecule has 1 atom stereocenters. The van der Waals surface area contributed by atoms with Crippen LogP contribution < -0.4 is 0 Å². The number of likely N-dealkylation sites (tertiary alicyclic amines) is 1. The van der Waals surface area contributed by atoms with Gasteiger partial charge in [0.05, 0.1) is 23.5 Å². The summed E-state index contributed by atoms with van der Waals surface area (Å²) in [6.07, 6.45) is 4.98. The van der Waals surface area contributed by atoms with Gasteiger partial charge in [-0.2, -0.15) is 0 Å². The average Bonchev–Trinajstić information content (AvgIpc) is 3.24. The summed E-state index contributed by atoms with van der Waals surface area (Å²) in [4.78, 5) is 29.9. The molecular formula is C20H19N5O3. The minimum Gasteiger partial charge on any atom is -0.478 e. The molecule has 1 saturated heterocycles. The Balaban J connectivity index is 1.51. The molecule has 1 N–H and O–H groups in total. The monoisotopic (exact) mass is 377 g/mol. The second-order valence-electron chi connectivity index (χ2n) is 6.73. The molecular weight excluding hydrogens is 358 g/mol. The number of rotatable bonds is 4. The molecule has 0 unspecified atom stereocenters. The molecule has 2 aromatic heterocycles. The Morgan fingerprint density at radius 3 is 2.68 bits per heavy atom. The summed E-state index contributed by atoms with van der Waals surface area (Å²) in [5, 5.41) is 17.5. The van der Waals surface area contributed by atoms with Gasteiger partial charge in [-0.15, -0.1) is 5.10 Å². The Morgan fingerprint density at radius 1 is 1.07 bits per heavy atom. The van der Waals surface area contributed by atoms with E-state index in [2.05, 4.69) is 15.3 Å². The molecule has 8 heteroatoms. The zero-order valence-electron chi connectivity index (χ0n) is 15.1. The van der Waals surface area contributed by atoms with Crippen molar-refractivity contribution >= 4 is 11.9 Å². The molecule has 0 bridgehead atoms. The van der Waals surface area contributed by atoms with Gasteiger partial charge in [0.25, 0.3) is 5.91 Å². The van der Waals surface area contributed by atoms with Crippen molar-refractivity contribution in [3.63, 3.8) is 0 Å². The maximum atomic E-state index is 12.7. The number of amides is 1. The highest BCUT2D eigenvalue weighted by molar-refractivity contribution is 5.94. The third-order valence-electron chi connectivity index (χ3n) is 4.86. The molecule has 8 nitrogen and oxygen atoms in total. The Morgan fingerprint density at radius 2 is 1.89 bits per heavy atom. The maximum Gasteiger partial charge on any atom is 0.335 e. The van der Waals surface area contributed by atoms with Crippen molar-refractivity contribution in [3.8, 4) is 11.4 Å². The van der Waals surface area contributed by atoms with Gasteiger partial charge in [0.1, 0.15) is 5.69 Å². The molecule has 1 fully saturated rings. The second kappa shape index (κ2) is 7.59. The summed E-state index contributed by atoms with van der Waals surface area (Å²) in [5.41, 5.74) is 1.79. The standard InChI is InChI=1S/C20H19N5O3/c26-19(14-5-2-1-3-6-14)24-10-4-7-16(12-24)25-13-18(22-23-25)17-11-15(20(27)28)8-9-21-17/h1-3,5-6,8-9,11,13,16H,4,7,10,12H2,(H,27,28)/t16-/m0/s1. The minimum absolute atomic E-state index is 0.0152. The Bertz CT molecular complexity index is 1000. The van der Waals surface area contributed by atoms with Crippen molar-refractivity contribution in [1.82, 2.24) is 24.9 Å². The van der Waals surface area contributed by atoms with Gasteiger partial charge in [-0.3, -0.25) is 9.78 Å². The molecule has 0 saturated carbocycles. The Kier molecular flexibility index (Phi) is 4.84. The van der Waals surface area contributed by atoms with Crippen LogP contribution in [0, 0.1) is 0 Å². The fourth-order valence-electron chi connectivity index (χ4n) is 3.39. The van der Waals surface area contributed by atoms with E-state index in [9.17, 15) is 9.59 Å². The molecule has 28 heavy (non-hydrogen) atoms. The largest absolute Gasteiger partial charge is 0.478 e. The molecule has 1 aliphatic heterocycles. The van der Waals surface area contributed by atoms with Crippen molar-refractivity contribution in [1.29, 1.82) is 0 Å². The first-order chi connectivity index (χ1) is 13.6. The van der Waals surface area contributed by atoms with Crippen LogP contribution in [0.15, 0.2) is 54.9 Å². The molecule has 3 aromatic rings. The number of nitrogens with zero attached hydrogens (tertiary/aromatic N) is 5. The number of carboxylic acid groups (broad SMARTS) is 1. The number of aromatic carboxylic acids is 1. The highest BCUT2D eigenvalue weighted by Crippen LogP contribution is 2.24. The third-order valence-corrected chi connectivity index (χ3v) is 4.86. The smallest absolute Gasteiger partial charge is 0.335 e. The van der Waals surface area contributed by atoms with Gasteiger partial charge in [-0.05, 0) is 37.1 Å². The number of benzene rings is 1. The summed E-state index contributed by atoms with van der Waals surface area (Å²) in [7, 11) is 0. The van der Waals surface area contributed by atoms with E-state index >= 15 is 0 Å². The summed E-state index contributed by atoms with van der Waals surface area (Å²) in [6.45, 7) is 1.27. The number of hydrogen-bond donors (Lipinski definition) is 1. The van der Waals surface area contributed by atoms with E-state index in [0.717, 1.165) is 12.8 Å². The maximum absolute atomic E-state index is 12.7. The van der Waals surface area contributed by atoms with Gasteiger partial charge in [-0.25, -0.2) is 9.48 Å². The Hall–Kier alpha value is -3.55. The number of hydrogen-bond acceptors (Lipinski definition) is 5. The lowest BCUT2D eigenvalue weighted by molar-refractivity contribution is 0.0669. The lowest BCUT2D eigenvalue weighted by Gasteiger charge is -2.32. The lowest BCUT2D eigenvalue weighted by Crippen LogP contribution is -2.40. The van der Waals surface area contributed by atoms with Crippen LogP contribution >= 0.6 is 0 Å². The molecule has 0 radical (unpaired) electrons. The summed E-state index contributed by atoms with van der Waals surface area (Å²) in [6, 6.07) is 12.2. The van der Waals surface area contributed by atoms with Gasteiger partial charge < -0.3 is 10.0 Å². The van der Waals surface area contributed by atoms with Crippen molar-refractivity contribution in [2.75, 3.05) is 13.1 Å². The number of piperidine rings is 1. The van der Waals surface area contributed by atoms with E-state index < -0.39 is 5.97 Å². The van der Waals surface area contributed by atoms with Gasteiger partial charge in [-0.1, -0.05) is 23.4 Å². The topological polar surface area (TPSA) is 101 Å². The van der Waals surface area contributed by atoms with E-state index in [1.807, 2.05) is 35.2 Å². The number of aromatic nitrogens is 4. The highest BCUT2D eigenvalue weighted by atomic mass is 16.4. The van der Waals surface area contributed by atoms with Gasteiger partial charge in [0.15, 0.2) is 0 Å². The molecule has 1 aromatic carbocycles. The third kappa shape index (κ3) is 3.62. The van der Waals surface area contributed by atoms with Crippen LogP contribution in [0.5, 0.6) is 0 Å². The van der Waals surface area contributed by atoms with Crippen LogP contribution in [0.2, 0.25) is 0 Å². The normalized spacial score (nSPS) is 16.7. The summed E-state index contributed by atoms with van der Waals surface area (Å²) in [5.74, 6) is -1.00. The molecule has 1 amide bonds. The van der Waals surface area contributed by atoms with Crippen LogP contribution in [0.4, 0.5) is 0 Å². The molecule has 3 heterocycles. The van der Waals surface area contributed by atoms with Crippen molar-refractivity contribution in [2.45, 2.75) is 18.9 Å². The zero-order chi connectivity index (χ0) is 19.5. The molecule has 0 spiro atoms. The predicted molar refractivity (Wildman–Crippen MR) is 101 cm³/mol. The van der Waals surface area contributed by atoms with Crippen LogP contribution in [-0.2, 0) is 0 Å². The lowest BCUT2D eigenvalue weighted by atomic mass is 10.0. The Labute approximate surface area is 161 Å². The van der Waals surface area contributed by atoms with Gasteiger partial charge in [0.2, 0.25) is 0 Å². The SMILES string of the molecule is O=C(O)c1ccnc(-c2cn([C@H]3CCCN(C(=O)c4ccccc4)C3)nn2)c1. The van der Waals surface area contributed by atoms with Crippen LogP contribution in [-0.4, -0.2) is 55.0 Å². The van der Waals surface area contributed by atoms with E-state index in [4.69, 9.17) is 5.11 Å². The van der Waals surface area contributed by atoms with Gasteiger partial charge in [0, 0.05) is 24.8 Å². The molecule has 142 valence electrons. The quantitative estimate of drug-likeness (QED) is 0.750. The minimum atomic E-state index is -1.02. The first-order valence-electron chi connectivity index (χ1n) is 9.07. The van der Waals surface area contributed by atoms with Crippen LogP contribution in [0.1, 0.15) is 39.6 Å². The van der Waals surface area contributed by atoms with E-state index in [1.54, 1.807) is 10.9 Å². The molecule has 4 rings (SSSR count). The fourth-order valence-corrected chi connectivity index (χ4v) is 3.39. The van der Waals surface area contributed by atoms with Crippen LogP contribution in [0.3, 0.4) is 0 Å².